The van der Waals surface area contributed by atoms with Crippen LogP contribution in [0.3, 0.4) is 0 Å². The van der Waals surface area contributed by atoms with Crippen LogP contribution >= 0.6 is 11.6 Å². The van der Waals surface area contributed by atoms with Crippen molar-refractivity contribution in [3.05, 3.63) is 88.9 Å². The molecular formula is C24H18ClNO4. The Balaban J connectivity index is 1.72. The number of hydrogen-bond acceptors (Lipinski definition) is 5. The molecule has 0 fully saturated rings. The zero-order valence-corrected chi connectivity index (χ0v) is 16.9. The maximum absolute atomic E-state index is 12.2. The normalized spacial score (nSPS) is 10.8. The third-order valence-corrected chi connectivity index (χ3v) is 4.42. The second-order valence-corrected chi connectivity index (χ2v) is 6.55. The van der Waals surface area contributed by atoms with Crippen molar-refractivity contribution >= 4 is 29.2 Å². The van der Waals surface area contributed by atoms with Gasteiger partial charge in [0, 0.05) is 0 Å². The molecule has 0 heterocycles. The third-order valence-electron chi connectivity index (χ3n) is 4.11. The van der Waals surface area contributed by atoms with Crippen molar-refractivity contribution in [3.63, 3.8) is 0 Å². The summed E-state index contributed by atoms with van der Waals surface area (Å²) in [5, 5.41) is 9.88. The number of rotatable bonds is 7. The Labute approximate surface area is 179 Å². The number of benzene rings is 3. The van der Waals surface area contributed by atoms with Crippen LogP contribution in [0.25, 0.3) is 11.6 Å². The van der Waals surface area contributed by atoms with Crippen molar-refractivity contribution in [2.24, 2.45) is 0 Å². The molecular weight excluding hydrogens is 402 g/mol. The van der Waals surface area contributed by atoms with Gasteiger partial charge in [-0.15, -0.1) is 0 Å². The van der Waals surface area contributed by atoms with Gasteiger partial charge in [-0.2, -0.15) is 5.26 Å². The zero-order valence-electron chi connectivity index (χ0n) is 16.2. The van der Waals surface area contributed by atoms with E-state index in [0.29, 0.717) is 22.1 Å². The smallest absolute Gasteiger partial charge is 0.349 e. The Bertz CT molecular complexity index is 1100. The van der Waals surface area contributed by atoms with Crippen molar-refractivity contribution in [1.29, 1.82) is 5.26 Å². The first-order valence-corrected chi connectivity index (χ1v) is 9.42. The van der Waals surface area contributed by atoms with Gasteiger partial charge in [0.15, 0.2) is 18.1 Å². The number of allylic oxidation sites excluding steroid dienone is 1. The molecule has 0 saturated heterocycles. The Morgan fingerprint density at radius 2 is 1.73 bits per heavy atom. The molecule has 0 spiro atoms. The second kappa shape index (κ2) is 10.1. The van der Waals surface area contributed by atoms with Crippen molar-refractivity contribution in [2.75, 3.05) is 13.7 Å². The summed E-state index contributed by atoms with van der Waals surface area (Å²) in [6.45, 7) is -0.304. The van der Waals surface area contributed by atoms with Gasteiger partial charge >= 0.3 is 5.97 Å². The third kappa shape index (κ3) is 5.40. The van der Waals surface area contributed by atoms with E-state index in [-0.39, 0.29) is 12.4 Å². The van der Waals surface area contributed by atoms with Gasteiger partial charge in [-0.05, 0) is 41.5 Å². The summed E-state index contributed by atoms with van der Waals surface area (Å²) in [7, 11) is 1.48. The molecule has 0 saturated carbocycles. The fourth-order valence-corrected chi connectivity index (χ4v) is 2.86. The van der Waals surface area contributed by atoms with E-state index < -0.39 is 5.97 Å². The number of halogens is 1. The fourth-order valence-electron chi connectivity index (χ4n) is 2.67. The molecule has 0 atom stereocenters. The molecule has 6 heteroatoms. The Kier molecular flexibility index (Phi) is 7.09. The van der Waals surface area contributed by atoms with Gasteiger partial charge in [0.05, 0.1) is 23.8 Å². The maximum Gasteiger partial charge on any atom is 0.349 e. The summed E-state index contributed by atoms with van der Waals surface area (Å²) in [6.07, 6.45) is 1.74. The van der Waals surface area contributed by atoms with Crippen LogP contribution in [0.15, 0.2) is 72.8 Å². The summed E-state index contributed by atoms with van der Waals surface area (Å²) < 4.78 is 16.1. The van der Waals surface area contributed by atoms with E-state index in [1.165, 1.54) is 7.11 Å². The highest BCUT2D eigenvalue weighted by Crippen LogP contribution is 2.30. The number of hydrogen-bond donors (Lipinski definition) is 0. The lowest BCUT2D eigenvalue weighted by Crippen LogP contribution is -2.18. The van der Waals surface area contributed by atoms with Crippen molar-refractivity contribution in [1.82, 2.24) is 0 Å². The molecule has 0 aliphatic heterocycles. The predicted molar refractivity (Wildman–Crippen MR) is 116 cm³/mol. The van der Waals surface area contributed by atoms with Gasteiger partial charge in [-0.3, -0.25) is 0 Å². The van der Waals surface area contributed by atoms with Gasteiger partial charge in [-0.25, -0.2) is 4.79 Å². The fraction of sp³-hybridized carbons (Fsp3) is 0.0833. The molecule has 0 aliphatic carbocycles. The largest absolute Gasteiger partial charge is 0.493 e. The maximum atomic E-state index is 12.2. The van der Waals surface area contributed by atoms with Crippen LogP contribution in [-0.2, 0) is 4.79 Å². The Morgan fingerprint density at radius 1 is 1.00 bits per heavy atom. The number of carbonyl (C=O) groups excluding carboxylic acids is 1. The van der Waals surface area contributed by atoms with E-state index in [0.717, 1.165) is 11.1 Å². The van der Waals surface area contributed by atoms with Crippen molar-refractivity contribution < 1.29 is 19.0 Å². The molecule has 0 radical (unpaired) electrons. The van der Waals surface area contributed by atoms with E-state index in [1.807, 2.05) is 30.3 Å². The average molecular weight is 420 g/mol. The van der Waals surface area contributed by atoms with E-state index >= 15 is 0 Å². The highest BCUT2D eigenvalue weighted by atomic mass is 35.5. The first kappa shape index (κ1) is 21.0. The molecule has 0 aliphatic rings. The molecule has 0 bridgehead atoms. The lowest BCUT2D eigenvalue weighted by molar-refractivity contribution is -0.136. The summed E-state index contributed by atoms with van der Waals surface area (Å²) in [5.41, 5.74) is 2.06. The quantitative estimate of drug-likeness (QED) is 0.222. The molecule has 0 aromatic heterocycles. The highest BCUT2D eigenvalue weighted by molar-refractivity contribution is 6.32. The molecule has 3 rings (SSSR count). The number of methoxy groups -OCH3 is 1. The molecule has 30 heavy (non-hydrogen) atoms. The second-order valence-electron chi connectivity index (χ2n) is 6.14. The predicted octanol–water partition coefficient (Wildman–Crippen LogP) is 5.40. The lowest BCUT2D eigenvalue weighted by Gasteiger charge is -2.11. The van der Waals surface area contributed by atoms with E-state index in [9.17, 15) is 10.1 Å². The molecule has 150 valence electrons. The minimum Gasteiger partial charge on any atom is -0.493 e. The molecule has 3 aromatic rings. The van der Waals surface area contributed by atoms with Gasteiger partial charge in [0.2, 0.25) is 0 Å². The minimum absolute atomic E-state index is 0.251. The van der Waals surface area contributed by atoms with Crippen molar-refractivity contribution in [2.45, 2.75) is 0 Å². The number of para-hydroxylation sites is 1. The van der Waals surface area contributed by atoms with Crippen LogP contribution in [0.2, 0.25) is 5.02 Å². The van der Waals surface area contributed by atoms with Crippen LogP contribution < -0.4 is 14.2 Å². The summed E-state index contributed by atoms with van der Waals surface area (Å²) in [4.78, 5) is 12.2. The number of ether oxygens (including phenoxy) is 3. The topological polar surface area (TPSA) is 68.5 Å². The van der Waals surface area contributed by atoms with Gasteiger partial charge in [0.1, 0.15) is 5.75 Å². The van der Waals surface area contributed by atoms with E-state index in [4.69, 9.17) is 25.8 Å². The minimum atomic E-state index is -0.599. The first-order valence-electron chi connectivity index (χ1n) is 9.04. The summed E-state index contributed by atoms with van der Waals surface area (Å²) >= 11 is 6.01. The van der Waals surface area contributed by atoms with Gasteiger partial charge in [-0.1, -0.05) is 60.1 Å². The molecule has 3 aromatic carbocycles. The lowest BCUT2D eigenvalue weighted by atomic mass is 10.0. The van der Waals surface area contributed by atoms with Crippen LogP contribution in [0.5, 0.6) is 17.2 Å². The monoisotopic (exact) mass is 419 g/mol. The molecule has 0 unspecified atom stereocenters. The summed E-state index contributed by atoms with van der Waals surface area (Å²) in [5.74, 6) is 0.410. The molecule has 5 nitrogen and oxygen atoms in total. The van der Waals surface area contributed by atoms with Gasteiger partial charge < -0.3 is 14.2 Å². The Hall–Kier alpha value is -3.75. The van der Waals surface area contributed by atoms with Crippen LogP contribution in [0.4, 0.5) is 0 Å². The molecule has 0 amide bonds. The van der Waals surface area contributed by atoms with E-state index in [1.54, 1.807) is 48.5 Å². The number of carbonyl (C=O) groups is 1. The van der Waals surface area contributed by atoms with Crippen LogP contribution in [0.1, 0.15) is 11.1 Å². The SMILES string of the molecule is COc1cc(/C=C(/C#N)c2ccccc2)ccc1OC(=O)COc1ccccc1Cl. The standard InChI is InChI=1S/C24H18ClNO4/c1-28-23-14-17(13-19(15-26)18-7-3-2-4-8-18)11-12-22(23)30-24(27)16-29-21-10-6-5-9-20(21)25/h2-14H,16H2,1H3/b19-13-. The van der Waals surface area contributed by atoms with Crippen LogP contribution in [0, 0.1) is 11.3 Å². The molecule has 0 N–H and O–H groups in total. The number of nitrogens with zero attached hydrogens (tertiary/aromatic N) is 1. The number of esters is 1. The zero-order chi connectivity index (χ0) is 21.3. The number of nitriles is 1. The summed E-state index contributed by atoms with van der Waals surface area (Å²) in [6, 6.07) is 23.4. The van der Waals surface area contributed by atoms with Crippen molar-refractivity contribution in [3.8, 4) is 23.3 Å². The highest BCUT2D eigenvalue weighted by Gasteiger charge is 2.13. The van der Waals surface area contributed by atoms with Crippen LogP contribution in [-0.4, -0.2) is 19.7 Å². The van der Waals surface area contributed by atoms with E-state index in [2.05, 4.69) is 6.07 Å². The first-order chi connectivity index (χ1) is 14.6. The van der Waals surface area contributed by atoms with Gasteiger partial charge in [0.25, 0.3) is 0 Å². The average Bonchev–Trinajstić information content (AvgIpc) is 2.78. The Morgan fingerprint density at radius 3 is 2.43 bits per heavy atom.